The molecule has 4 heteroatoms. The first-order valence-electron chi connectivity index (χ1n) is 7.59. The van der Waals surface area contributed by atoms with E-state index in [1.165, 1.54) is 45.4 Å². The molecule has 0 atom stereocenters. The lowest BCUT2D eigenvalue weighted by Crippen LogP contribution is -2.47. The van der Waals surface area contributed by atoms with Crippen LogP contribution >= 0.6 is 0 Å². The highest BCUT2D eigenvalue weighted by molar-refractivity contribution is 4.83. The minimum absolute atomic E-state index is 0.207. The van der Waals surface area contributed by atoms with Gasteiger partial charge in [0.2, 0.25) is 0 Å². The van der Waals surface area contributed by atoms with Crippen LogP contribution < -0.4 is 0 Å². The summed E-state index contributed by atoms with van der Waals surface area (Å²) in [5.41, 5.74) is 0. The molecule has 0 bridgehead atoms. The zero-order valence-electron chi connectivity index (χ0n) is 11.4. The van der Waals surface area contributed by atoms with Gasteiger partial charge in [-0.25, -0.2) is 0 Å². The number of ether oxygens (including phenoxy) is 2. The molecular formula is C14H26N2O2. The van der Waals surface area contributed by atoms with Crippen molar-refractivity contribution >= 4 is 0 Å². The number of piperidine rings is 2. The normalized spacial score (nSPS) is 30.0. The largest absolute Gasteiger partial charge is 0.347 e. The molecule has 104 valence electrons. The second-order valence-electron chi connectivity index (χ2n) is 5.85. The van der Waals surface area contributed by atoms with Crippen molar-refractivity contribution in [2.75, 3.05) is 52.5 Å². The number of likely N-dealkylation sites (tertiary alicyclic amines) is 2. The van der Waals surface area contributed by atoms with E-state index in [-0.39, 0.29) is 5.79 Å². The summed E-state index contributed by atoms with van der Waals surface area (Å²) in [6, 6.07) is 0. The smallest absolute Gasteiger partial charge is 0.170 e. The predicted octanol–water partition coefficient (Wildman–Crippen LogP) is 1.31. The van der Waals surface area contributed by atoms with Crippen molar-refractivity contribution in [3.05, 3.63) is 0 Å². The number of hydrogen-bond acceptors (Lipinski definition) is 4. The van der Waals surface area contributed by atoms with Crippen LogP contribution in [0.3, 0.4) is 0 Å². The highest BCUT2D eigenvalue weighted by Gasteiger charge is 2.39. The molecule has 0 aromatic carbocycles. The maximum Gasteiger partial charge on any atom is 0.170 e. The van der Waals surface area contributed by atoms with Gasteiger partial charge in [0, 0.05) is 39.0 Å². The molecule has 18 heavy (non-hydrogen) atoms. The average Bonchev–Trinajstić information content (AvgIpc) is 2.88. The molecule has 4 nitrogen and oxygen atoms in total. The van der Waals surface area contributed by atoms with Gasteiger partial charge in [-0.05, 0) is 25.9 Å². The Kier molecular flexibility index (Phi) is 4.19. The van der Waals surface area contributed by atoms with Crippen molar-refractivity contribution in [1.29, 1.82) is 0 Å². The third-order valence-corrected chi connectivity index (χ3v) is 4.61. The lowest BCUT2D eigenvalue weighted by molar-refractivity contribution is -0.185. The van der Waals surface area contributed by atoms with E-state index in [4.69, 9.17) is 9.47 Å². The molecule has 3 fully saturated rings. The molecule has 0 radical (unpaired) electrons. The van der Waals surface area contributed by atoms with Crippen molar-refractivity contribution in [2.24, 2.45) is 0 Å². The van der Waals surface area contributed by atoms with Crippen LogP contribution in [0.2, 0.25) is 0 Å². The molecule has 0 aromatic rings. The van der Waals surface area contributed by atoms with E-state index in [9.17, 15) is 0 Å². The van der Waals surface area contributed by atoms with E-state index in [1.807, 2.05) is 0 Å². The van der Waals surface area contributed by atoms with Gasteiger partial charge in [-0.2, -0.15) is 0 Å². The molecule has 3 aliphatic rings. The fraction of sp³-hybridized carbons (Fsp3) is 1.00. The third kappa shape index (κ3) is 3.05. The second-order valence-corrected chi connectivity index (χ2v) is 5.85. The van der Waals surface area contributed by atoms with E-state index >= 15 is 0 Å². The van der Waals surface area contributed by atoms with Gasteiger partial charge in [0.1, 0.15) is 0 Å². The molecule has 3 heterocycles. The van der Waals surface area contributed by atoms with Crippen molar-refractivity contribution < 1.29 is 9.47 Å². The Morgan fingerprint density at radius 1 is 0.722 bits per heavy atom. The molecular weight excluding hydrogens is 228 g/mol. The van der Waals surface area contributed by atoms with Crippen LogP contribution in [0.25, 0.3) is 0 Å². The number of hydrogen-bond donors (Lipinski definition) is 0. The van der Waals surface area contributed by atoms with Gasteiger partial charge in [0.15, 0.2) is 5.79 Å². The molecule has 0 aliphatic carbocycles. The first kappa shape index (κ1) is 12.9. The van der Waals surface area contributed by atoms with Crippen LogP contribution in [-0.2, 0) is 9.47 Å². The van der Waals surface area contributed by atoms with Gasteiger partial charge < -0.3 is 19.3 Å². The molecule has 0 N–H and O–H groups in total. The maximum absolute atomic E-state index is 5.76. The summed E-state index contributed by atoms with van der Waals surface area (Å²) < 4.78 is 11.5. The standard InChI is InChI=1S/C14H26N2O2/c1-2-6-15(7-3-1)10-11-16-8-4-14(5-9-16)17-12-13-18-14/h1-13H2. The van der Waals surface area contributed by atoms with Crippen LogP contribution in [0.5, 0.6) is 0 Å². The summed E-state index contributed by atoms with van der Waals surface area (Å²) >= 11 is 0. The van der Waals surface area contributed by atoms with Crippen molar-refractivity contribution in [3.63, 3.8) is 0 Å². The quantitative estimate of drug-likeness (QED) is 0.758. The fourth-order valence-corrected chi connectivity index (χ4v) is 3.37. The summed E-state index contributed by atoms with van der Waals surface area (Å²) in [5.74, 6) is -0.207. The first-order chi connectivity index (χ1) is 8.86. The van der Waals surface area contributed by atoms with Crippen molar-refractivity contribution in [2.45, 2.75) is 37.9 Å². The SMILES string of the molecule is C1CCN(CCN2CCC3(CC2)OCCO3)CC1. The summed E-state index contributed by atoms with van der Waals surface area (Å²) in [6.45, 7) is 8.92. The van der Waals surface area contributed by atoms with E-state index < -0.39 is 0 Å². The van der Waals surface area contributed by atoms with E-state index in [0.29, 0.717) is 0 Å². The van der Waals surface area contributed by atoms with Crippen LogP contribution in [0, 0.1) is 0 Å². The molecule has 0 amide bonds. The lowest BCUT2D eigenvalue weighted by atomic mass is 10.0. The predicted molar refractivity (Wildman–Crippen MR) is 70.6 cm³/mol. The molecule has 3 rings (SSSR count). The molecule has 1 spiro atoms. The Hall–Kier alpha value is -0.160. The number of rotatable bonds is 3. The van der Waals surface area contributed by atoms with Gasteiger partial charge in [0.05, 0.1) is 13.2 Å². The van der Waals surface area contributed by atoms with Gasteiger partial charge in [-0.3, -0.25) is 0 Å². The lowest BCUT2D eigenvalue weighted by Gasteiger charge is -2.38. The summed E-state index contributed by atoms with van der Waals surface area (Å²) in [5, 5.41) is 0. The second kappa shape index (κ2) is 5.87. The Morgan fingerprint density at radius 2 is 1.28 bits per heavy atom. The van der Waals surface area contributed by atoms with Crippen LogP contribution in [0.4, 0.5) is 0 Å². The Bertz CT molecular complexity index is 251. The molecule has 0 saturated carbocycles. The monoisotopic (exact) mass is 254 g/mol. The molecule has 0 aromatic heterocycles. The van der Waals surface area contributed by atoms with Gasteiger partial charge >= 0.3 is 0 Å². The third-order valence-electron chi connectivity index (χ3n) is 4.61. The maximum atomic E-state index is 5.76. The van der Waals surface area contributed by atoms with Crippen molar-refractivity contribution in [3.8, 4) is 0 Å². The van der Waals surface area contributed by atoms with Crippen LogP contribution in [0.1, 0.15) is 32.1 Å². The zero-order valence-corrected chi connectivity index (χ0v) is 11.4. The Morgan fingerprint density at radius 3 is 1.89 bits per heavy atom. The summed E-state index contributed by atoms with van der Waals surface area (Å²) in [7, 11) is 0. The summed E-state index contributed by atoms with van der Waals surface area (Å²) in [6.07, 6.45) is 6.31. The average molecular weight is 254 g/mol. The van der Waals surface area contributed by atoms with E-state index in [1.54, 1.807) is 0 Å². The van der Waals surface area contributed by atoms with Gasteiger partial charge in [-0.1, -0.05) is 6.42 Å². The van der Waals surface area contributed by atoms with Gasteiger partial charge in [-0.15, -0.1) is 0 Å². The minimum atomic E-state index is -0.207. The Labute approximate surface area is 110 Å². The zero-order chi connectivity index (χ0) is 12.3. The molecule has 3 aliphatic heterocycles. The topological polar surface area (TPSA) is 24.9 Å². The summed E-state index contributed by atoms with van der Waals surface area (Å²) in [4.78, 5) is 5.20. The van der Waals surface area contributed by atoms with Gasteiger partial charge in [0.25, 0.3) is 0 Å². The van der Waals surface area contributed by atoms with E-state index in [0.717, 1.165) is 39.1 Å². The molecule has 3 saturated heterocycles. The van der Waals surface area contributed by atoms with Crippen molar-refractivity contribution in [1.82, 2.24) is 9.80 Å². The number of nitrogens with zero attached hydrogens (tertiary/aromatic N) is 2. The van der Waals surface area contributed by atoms with Crippen LogP contribution in [-0.4, -0.2) is 68.1 Å². The fourth-order valence-electron chi connectivity index (χ4n) is 3.37. The van der Waals surface area contributed by atoms with E-state index in [2.05, 4.69) is 9.80 Å². The molecule has 0 unspecified atom stereocenters. The highest BCUT2D eigenvalue weighted by atomic mass is 16.7. The highest BCUT2D eigenvalue weighted by Crippen LogP contribution is 2.31. The first-order valence-corrected chi connectivity index (χ1v) is 7.59. The van der Waals surface area contributed by atoms with Crippen LogP contribution in [0.15, 0.2) is 0 Å². The minimum Gasteiger partial charge on any atom is -0.347 e. The Balaban J connectivity index is 1.37.